The molecule has 0 radical (unpaired) electrons. The Labute approximate surface area is 106 Å². The first-order chi connectivity index (χ1) is 8.81. The van der Waals surface area contributed by atoms with Gasteiger partial charge in [-0.2, -0.15) is 0 Å². The fraction of sp³-hybridized carbons (Fsp3) is 0.400. The third-order valence-electron chi connectivity index (χ3n) is 3.67. The highest BCUT2D eigenvalue weighted by Crippen LogP contribution is 2.38. The summed E-state index contributed by atoms with van der Waals surface area (Å²) in [6.45, 7) is 1.41. The molecule has 18 heavy (non-hydrogen) atoms. The summed E-state index contributed by atoms with van der Waals surface area (Å²) in [5, 5.41) is 0. The second kappa shape index (κ2) is 4.67. The number of aldehydes is 1. The van der Waals surface area contributed by atoms with Gasteiger partial charge in [0.05, 0.1) is 13.2 Å². The number of carbonyl (C=O) groups excluding carboxylic acids is 1. The van der Waals surface area contributed by atoms with E-state index in [1.807, 2.05) is 24.3 Å². The standard InChI is InChI=1S/C15H16O3/c16-11-12-1-3-13(4-2-12)14-5-7-15(8-6-14)17-9-10-18-15/h1-5,11H,6-10H2. The Morgan fingerprint density at radius 2 is 1.83 bits per heavy atom. The molecule has 3 heteroatoms. The fourth-order valence-electron chi connectivity index (χ4n) is 2.61. The van der Waals surface area contributed by atoms with Gasteiger partial charge in [0.2, 0.25) is 0 Å². The van der Waals surface area contributed by atoms with E-state index in [4.69, 9.17) is 9.47 Å². The molecule has 1 saturated heterocycles. The molecule has 0 bridgehead atoms. The van der Waals surface area contributed by atoms with E-state index in [9.17, 15) is 4.79 Å². The highest BCUT2D eigenvalue weighted by Gasteiger charge is 2.37. The Morgan fingerprint density at radius 1 is 1.11 bits per heavy atom. The van der Waals surface area contributed by atoms with E-state index in [1.165, 1.54) is 11.1 Å². The first-order valence-electron chi connectivity index (χ1n) is 6.34. The van der Waals surface area contributed by atoms with Crippen molar-refractivity contribution < 1.29 is 14.3 Å². The largest absolute Gasteiger partial charge is 0.347 e. The average molecular weight is 244 g/mol. The van der Waals surface area contributed by atoms with Crippen molar-refractivity contribution in [2.24, 2.45) is 0 Å². The highest BCUT2D eigenvalue weighted by atomic mass is 16.7. The van der Waals surface area contributed by atoms with E-state index in [-0.39, 0.29) is 5.79 Å². The molecule has 1 fully saturated rings. The maximum Gasteiger partial charge on any atom is 0.172 e. The van der Waals surface area contributed by atoms with Gasteiger partial charge in [-0.3, -0.25) is 4.79 Å². The second-order valence-corrected chi connectivity index (χ2v) is 4.78. The number of hydrogen-bond donors (Lipinski definition) is 0. The molecular weight excluding hydrogens is 228 g/mol. The number of ether oxygens (including phenoxy) is 2. The van der Waals surface area contributed by atoms with Crippen LogP contribution in [0.5, 0.6) is 0 Å². The molecule has 1 aliphatic heterocycles. The maximum atomic E-state index is 10.6. The van der Waals surface area contributed by atoms with Crippen LogP contribution in [-0.2, 0) is 9.47 Å². The topological polar surface area (TPSA) is 35.5 Å². The Morgan fingerprint density at radius 3 is 2.39 bits per heavy atom. The zero-order chi connectivity index (χ0) is 12.4. The van der Waals surface area contributed by atoms with E-state index in [0.717, 1.165) is 25.5 Å². The summed E-state index contributed by atoms with van der Waals surface area (Å²) in [6, 6.07) is 7.72. The molecule has 0 N–H and O–H groups in total. The molecule has 0 saturated carbocycles. The Bertz CT molecular complexity index is 467. The van der Waals surface area contributed by atoms with Gasteiger partial charge >= 0.3 is 0 Å². The van der Waals surface area contributed by atoms with Gasteiger partial charge in [0.25, 0.3) is 0 Å². The van der Waals surface area contributed by atoms with Crippen molar-refractivity contribution in [2.45, 2.75) is 25.0 Å². The molecule has 3 rings (SSSR count). The molecule has 2 aliphatic rings. The van der Waals surface area contributed by atoms with Crippen LogP contribution < -0.4 is 0 Å². The van der Waals surface area contributed by atoms with Gasteiger partial charge in [-0.1, -0.05) is 30.3 Å². The molecule has 1 aromatic carbocycles. The third-order valence-corrected chi connectivity index (χ3v) is 3.67. The maximum absolute atomic E-state index is 10.6. The van der Waals surface area contributed by atoms with Crippen LogP contribution >= 0.6 is 0 Å². The Hall–Kier alpha value is -1.45. The van der Waals surface area contributed by atoms with Gasteiger partial charge in [0.15, 0.2) is 5.79 Å². The summed E-state index contributed by atoms with van der Waals surface area (Å²) in [5.74, 6) is -0.355. The number of carbonyl (C=O) groups is 1. The molecule has 0 atom stereocenters. The molecule has 94 valence electrons. The predicted octanol–water partition coefficient (Wildman–Crippen LogP) is 2.81. The van der Waals surface area contributed by atoms with Crippen LogP contribution in [0, 0.1) is 0 Å². The minimum Gasteiger partial charge on any atom is -0.347 e. The lowest BCUT2D eigenvalue weighted by Gasteiger charge is -2.30. The van der Waals surface area contributed by atoms with Gasteiger partial charge in [-0.05, 0) is 17.6 Å². The zero-order valence-electron chi connectivity index (χ0n) is 10.2. The van der Waals surface area contributed by atoms with Crippen LogP contribution in [0.4, 0.5) is 0 Å². The lowest BCUT2D eigenvalue weighted by molar-refractivity contribution is -0.159. The van der Waals surface area contributed by atoms with E-state index < -0.39 is 0 Å². The van der Waals surface area contributed by atoms with Crippen molar-refractivity contribution in [3.8, 4) is 0 Å². The van der Waals surface area contributed by atoms with Crippen LogP contribution in [0.3, 0.4) is 0 Å². The Kier molecular flexibility index (Phi) is 3.02. The molecule has 1 heterocycles. The molecular formula is C15H16O3. The minimum absolute atomic E-state index is 0.355. The van der Waals surface area contributed by atoms with Crippen LogP contribution in [0.25, 0.3) is 5.57 Å². The Balaban J connectivity index is 1.77. The van der Waals surface area contributed by atoms with Gasteiger partial charge in [0.1, 0.15) is 6.29 Å². The summed E-state index contributed by atoms with van der Waals surface area (Å²) < 4.78 is 11.4. The van der Waals surface area contributed by atoms with E-state index >= 15 is 0 Å². The highest BCUT2D eigenvalue weighted by molar-refractivity contribution is 5.76. The van der Waals surface area contributed by atoms with Crippen molar-refractivity contribution in [1.82, 2.24) is 0 Å². The van der Waals surface area contributed by atoms with Crippen LogP contribution in [-0.4, -0.2) is 25.3 Å². The predicted molar refractivity (Wildman–Crippen MR) is 68.3 cm³/mol. The van der Waals surface area contributed by atoms with Crippen molar-refractivity contribution in [3.05, 3.63) is 41.5 Å². The normalized spacial score (nSPS) is 21.9. The summed E-state index contributed by atoms with van der Waals surface area (Å²) in [6.07, 6.45) is 5.76. The lowest BCUT2D eigenvalue weighted by Crippen LogP contribution is -2.31. The van der Waals surface area contributed by atoms with E-state index in [1.54, 1.807) is 0 Å². The van der Waals surface area contributed by atoms with Gasteiger partial charge in [-0.25, -0.2) is 0 Å². The quantitative estimate of drug-likeness (QED) is 0.750. The van der Waals surface area contributed by atoms with Crippen LogP contribution in [0.1, 0.15) is 35.2 Å². The minimum atomic E-state index is -0.355. The molecule has 0 amide bonds. The molecule has 1 aliphatic carbocycles. The molecule has 3 nitrogen and oxygen atoms in total. The molecule has 0 aromatic heterocycles. The zero-order valence-corrected chi connectivity index (χ0v) is 10.2. The first-order valence-corrected chi connectivity index (χ1v) is 6.34. The number of benzene rings is 1. The summed E-state index contributed by atoms with van der Waals surface area (Å²) in [5.41, 5.74) is 3.22. The third kappa shape index (κ3) is 2.11. The molecule has 1 spiro atoms. The number of rotatable bonds is 2. The van der Waals surface area contributed by atoms with Crippen molar-refractivity contribution >= 4 is 11.9 Å². The first kappa shape index (κ1) is 11.6. The van der Waals surface area contributed by atoms with Gasteiger partial charge < -0.3 is 9.47 Å². The van der Waals surface area contributed by atoms with Crippen LogP contribution in [0.2, 0.25) is 0 Å². The number of allylic oxidation sites excluding steroid dienone is 1. The van der Waals surface area contributed by atoms with E-state index in [0.29, 0.717) is 18.8 Å². The van der Waals surface area contributed by atoms with Crippen LogP contribution in [0.15, 0.2) is 30.3 Å². The lowest BCUT2D eigenvalue weighted by atomic mass is 9.89. The number of hydrogen-bond acceptors (Lipinski definition) is 3. The van der Waals surface area contributed by atoms with Crippen molar-refractivity contribution in [2.75, 3.05) is 13.2 Å². The summed E-state index contributed by atoms with van der Waals surface area (Å²) in [7, 11) is 0. The van der Waals surface area contributed by atoms with E-state index in [2.05, 4.69) is 6.08 Å². The summed E-state index contributed by atoms with van der Waals surface area (Å²) >= 11 is 0. The van der Waals surface area contributed by atoms with Gasteiger partial charge in [-0.15, -0.1) is 0 Å². The molecule has 0 unspecified atom stereocenters. The SMILES string of the molecule is O=Cc1ccc(C2=CCC3(CC2)OCCO3)cc1. The average Bonchev–Trinajstić information content (AvgIpc) is 2.88. The van der Waals surface area contributed by atoms with Crippen molar-refractivity contribution in [3.63, 3.8) is 0 Å². The summed E-state index contributed by atoms with van der Waals surface area (Å²) in [4.78, 5) is 10.6. The smallest absolute Gasteiger partial charge is 0.172 e. The second-order valence-electron chi connectivity index (χ2n) is 4.78. The van der Waals surface area contributed by atoms with Gasteiger partial charge in [0, 0.05) is 18.4 Å². The monoisotopic (exact) mass is 244 g/mol. The fourth-order valence-corrected chi connectivity index (χ4v) is 2.61. The van der Waals surface area contributed by atoms with Crippen molar-refractivity contribution in [1.29, 1.82) is 0 Å². The molecule has 1 aromatic rings.